The molecule has 1 aromatic carbocycles. The largest absolute Gasteiger partial charge is 0.463 e. The fourth-order valence-electron chi connectivity index (χ4n) is 2.87. The summed E-state index contributed by atoms with van der Waals surface area (Å²) in [6.45, 7) is 1.85. The number of hydrogen-bond donors (Lipinski definition) is 1. The summed E-state index contributed by atoms with van der Waals surface area (Å²) in [5.74, 6) is 0.776. The van der Waals surface area contributed by atoms with Crippen molar-refractivity contribution in [1.29, 1.82) is 0 Å². The van der Waals surface area contributed by atoms with Crippen LogP contribution in [-0.4, -0.2) is 35.7 Å². The third kappa shape index (κ3) is 3.40. The molecule has 0 aliphatic rings. The van der Waals surface area contributed by atoms with Gasteiger partial charge in [0.15, 0.2) is 11.5 Å². The quantitative estimate of drug-likeness (QED) is 0.467. The Kier molecular flexibility index (Phi) is 4.45. The number of hydrogen-bond acceptors (Lipinski definition) is 7. The van der Waals surface area contributed by atoms with Gasteiger partial charge in [-0.15, -0.1) is 16.4 Å². The van der Waals surface area contributed by atoms with Gasteiger partial charge in [-0.05, 0) is 31.2 Å². The van der Waals surface area contributed by atoms with Crippen LogP contribution in [0.15, 0.2) is 70.8 Å². The minimum atomic E-state index is -0.388. The van der Waals surface area contributed by atoms with Crippen molar-refractivity contribution in [2.75, 3.05) is 5.32 Å². The Morgan fingerprint density at radius 1 is 1.13 bits per heavy atom. The van der Waals surface area contributed by atoms with E-state index in [9.17, 15) is 4.79 Å². The van der Waals surface area contributed by atoms with Crippen molar-refractivity contribution in [3.8, 4) is 22.3 Å². The number of anilines is 1. The molecule has 9 nitrogen and oxygen atoms in total. The van der Waals surface area contributed by atoms with Crippen LogP contribution in [-0.2, 0) is 0 Å². The van der Waals surface area contributed by atoms with E-state index in [1.807, 2.05) is 48.7 Å². The zero-order valence-electron chi connectivity index (χ0n) is 15.8. The molecule has 0 saturated heterocycles. The zero-order valence-corrected chi connectivity index (χ0v) is 16.6. The van der Waals surface area contributed by atoms with Gasteiger partial charge in [0.25, 0.3) is 5.91 Å². The van der Waals surface area contributed by atoms with E-state index >= 15 is 0 Å². The number of carbonyl (C=O) groups excluding carboxylic acids is 1. The predicted molar refractivity (Wildman–Crippen MR) is 111 cm³/mol. The van der Waals surface area contributed by atoms with Gasteiger partial charge in [-0.2, -0.15) is 19.7 Å². The summed E-state index contributed by atoms with van der Waals surface area (Å²) < 4.78 is 6.98. The zero-order chi connectivity index (χ0) is 20.5. The summed E-state index contributed by atoms with van der Waals surface area (Å²) in [6.07, 6.45) is 3.02. The molecule has 1 N–H and O–H groups in total. The highest BCUT2D eigenvalue weighted by Gasteiger charge is 2.18. The molecule has 0 atom stereocenters. The molecule has 4 aromatic heterocycles. The molecule has 4 heterocycles. The Hall–Kier alpha value is -4.05. The number of nitrogens with one attached hydrogen (secondary N) is 1. The smallest absolute Gasteiger partial charge is 0.279 e. The lowest BCUT2D eigenvalue weighted by molar-refractivity contribution is 0.102. The van der Waals surface area contributed by atoms with Crippen molar-refractivity contribution in [3.05, 3.63) is 77.8 Å². The fraction of sp³-hybridized carbons (Fsp3) is 0.0500. The van der Waals surface area contributed by atoms with E-state index in [1.165, 1.54) is 22.3 Å². The van der Waals surface area contributed by atoms with Crippen LogP contribution in [0.4, 0.5) is 5.82 Å². The van der Waals surface area contributed by atoms with Gasteiger partial charge in [-0.25, -0.2) is 4.98 Å². The van der Waals surface area contributed by atoms with E-state index in [0.29, 0.717) is 22.4 Å². The van der Waals surface area contributed by atoms with E-state index < -0.39 is 0 Å². The summed E-state index contributed by atoms with van der Waals surface area (Å²) in [5.41, 5.74) is 2.41. The van der Waals surface area contributed by atoms with Crippen molar-refractivity contribution in [1.82, 2.24) is 29.8 Å². The van der Waals surface area contributed by atoms with E-state index in [2.05, 4.69) is 25.6 Å². The van der Waals surface area contributed by atoms with Crippen LogP contribution < -0.4 is 5.32 Å². The van der Waals surface area contributed by atoms with Crippen LogP contribution in [0.2, 0.25) is 0 Å². The maximum atomic E-state index is 12.7. The Bertz CT molecular complexity index is 1300. The van der Waals surface area contributed by atoms with Crippen LogP contribution in [0.5, 0.6) is 0 Å². The van der Waals surface area contributed by atoms with Crippen LogP contribution >= 0.6 is 11.3 Å². The lowest BCUT2D eigenvalue weighted by Crippen LogP contribution is -2.16. The second kappa shape index (κ2) is 7.41. The van der Waals surface area contributed by atoms with Gasteiger partial charge in [0.2, 0.25) is 5.13 Å². The van der Waals surface area contributed by atoms with Crippen molar-refractivity contribution >= 4 is 23.1 Å². The summed E-state index contributed by atoms with van der Waals surface area (Å²) in [4.78, 5) is 18.7. The highest BCUT2D eigenvalue weighted by Crippen LogP contribution is 2.26. The van der Waals surface area contributed by atoms with Gasteiger partial charge in [0.05, 0.1) is 23.8 Å². The second-order valence-electron chi connectivity index (χ2n) is 6.38. The topological polar surface area (TPSA) is 104 Å². The van der Waals surface area contributed by atoms with Crippen molar-refractivity contribution in [2.24, 2.45) is 0 Å². The number of carbonyl (C=O) groups is 1. The lowest BCUT2D eigenvalue weighted by Gasteiger charge is -2.04. The molecule has 0 aliphatic carbocycles. The van der Waals surface area contributed by atoms with Crippen LogP contribution in [0.25, 0.3) is 22.3 Å². The number of nitrogens with zero attached hydrogens (tertiary/aromatic N) is 6. The summed E-state index contributed by atoms with van der Waals surface area (Å²) in [6, 6.07) is 14.8. The van der Waals surface area contributed by atoms with Gasteiger partial charge < -0.3 is 9.73 Å². The molecule has 30 heavy (non-hydrogen) atoms. The molecule has 0 fully saturated rings. The van der Waals surface area contributed by atoms with Gasteiger partial charge in [0.1, 0.15) is 11.5 Å². The Balaban J connectivity index is 1.40. The van der Waals surface area contributed by atoms with E-state index in [4.69, 9.17) is 4.42 Å². The first-order valence-corrected chi connectivity index (χ1v) is 9.91. The summed E-state index contributed by atoms with van der Waals surface area (Å²) in [7, 11) is 0. The monoisotopic (exact) mass is 417 g/mol. The van der Waals surface area contributed by atoms with Crippen LogP contribution in [0, 0.1) is 6.92 Å². The van der Waals surface area contributed by atoms with Crippen molar-refractivity contribution in [2.45, 2.75) is 6.92 Å². The molecule has 0 radical (unpaired) electrons. The number of rotatable bonds is 5. The highest BCUT2D eigenvalue weighted by atomic mass is 32.1. The van der Waals surface area contributed by atoms with Gasteiger partial charge >= 0.3 is 0 Å². The molecule has 0 unspecified atom stereocenters. The minimum Gasteiger partial charge on any atom is -0.463 e. The standard InChI is InChI=1S/C20H15N7O2S/c1-13-10-18(26(24-13)20-22-16(12-30-20)17-8-5-9-29-17)23-19(28)15-11-21-27(25-15)14-6-3-2-4-7-14/h2-12H,1H3,(H,23,28). The van der Waals surface area contributed by atoms with Gasteiger partial charge in [0, 0.05) is 11.4 Å². The number of amides is 1. The minimum absolute atomic E-state index is 0.194. The van der Waals surface area contributed by atoms with E-state index in [1.54, 1.807) is 23.1 Å². The maximum Gasteiger partial charge on any atom is 0.279 e. The molecule has 1 amide bonds. The average molecular weight is 417 g/mol. The molecule has 0 bridgehead atoms. The first kappa shape index (κ1) is 18.0. The molecular formula is C20H15N7O2S. The summed E-state index contributed by atoms with van der Waals surface area (Å²) in [5, 5.41) is 18.2. The van der Waals surface area contributed by atoms with Crippen molar-refractivity contribution < 1.29 is 9.21 Å². The van der Waals surface area contributed by atoms with E-state index in [-0.39, 0.29) is 11.6 Å². The van der Waals surface area contributed by atoms with Gasteiger partial charge in [-0.3, -0.25) is 4.79 Å². The molecule has 0 spiro atoms. The number of aromatic nitrogens is 6. The first-order valence-electron chi connectivity index (χ1n) is 9.03. The molecule has 0 aliphatic heterocycles. The van der Waals surface area contributed by atoms with E-state index in [0.717, 1.165) is 11.4 Å². The Morgan fingerprint density at radius 2 is 2.00 bits per heavy atom. The third-order valence-corrected chi connectivity index (χ3v) is 5.05. The molecule has 5 rings (SSSR count). The van der Waals surface area contributed by atoms with Crippen molar-refractivity contribution in [3.63, 3.8) is 0 Å². The predicted octanol–water partition coefficient (Wildman–Crippen LogP) is 3.73. The number of aryl methyl sites for hydroxylation is 1. The third-order valence-electron chi connectivity index (χ3n) is 4.23. The molecule has 148 valence electrons. The number of para-hydroxylation sites is 1. The maximum absolute atomic E-state index is 12.7. The highest BCUT2D eigenvalue weighted by molar-refractivity contribution is 7.12. The Morgan fingerprint density at radius 3 is 2.80 bits per heavy atom. The molecule has 10 heteroatoms. The second-order valence-corrected chi connectivity index (χ2v) is 7.22. The SMILES string of the molecule is Cc1cc(NC(=O)c2cnn(-c3ccccc3)n2)n(-c2nc(-c3ccco3)cs2)n1. The lowest BCUT2D eigenvalue weighted by atomic mass is 10.3. The fourth-order valence-corrected chi connectivity index (χ4v) is 3.64. The Labute approximate surface area is 174 Å². The molecular weight excluding hydrogens is 402 g/mol. The van der Waals surface area contributed by atoms with Crippen LogP contribution in [0.3, 0.4) is 0 Å². The normalized spacial score (nSPS) is 11.0. The average Bonchev–Trinajstić information content (AvgIpc) is 3.54. The number of benzene rings is 1. The van der Waals surface area contributed by atoms with Gasteiger partial charge in [-0.1, -0.05) is 18.2 Å². The summed E-state index contributed by atoms with van der Waals surface area (Å²) >= 11 is 1.40. The first-order chi connectivity index (χ1) is 14.7. The molecule has 0 saturated carbocycles. The van der Waals surface area contributed by atoms with Crippen LogP contribution in [0.1, 0.15) is 16.2 Å². The molecule has 5 aromatic rings. The number of thiazole rings is 1. The number of furan rings is 1.